The first-order valence-electron chi connectivity index (χ1n) is 9.66. The number of rotatable bonds is 5. The van der Waals surface area contributed by atoms with Crippen molar-refractivity contribution in [3.05, 3.63) is 95.2 Å². The summed E-state index contributed by atoms with van der Waals surface area (Å²) in [5.74, 6) is -0.0528. The lowest BCUT2D eigenvalue weighted by Gasteiger charge is -2.16. The van der Waals surface area contributed by atoms with Crippen LogP contribution in [0.15, 0.2) is 78.5 Å². The van der Waals surface area contributed by atoms with E-state index in [1.807, 2.05) is 50.2 Å². The second-order valence-corrected chi connectivity index (χ2v) is 7.20. The molecule has 0 spiro atoms. The van der Waals surface area contributed by atoms with Crippen molar-refractivity contribution in [3.8, 4) is 5.75 Å². The Morgan fingerprint density at radius 2 is 1.47 bits per heavy atom. The van der Waals surface area contributed by atoms with Crippen LogP contribution >= 0.6 is 0 Å². The highest BCUT2D eigenvalue weighted by atomic mass is 16.5. The number of anilines is 2. The molecule has 0 radical (unpaired) electrons. The lowest BCUT2D eigenvalue weighted by molar-refractivity contribution is -0.120. The number of amides is 2. The summed E-state index contributed by atoms with van der Waals surface area (Å²) in [5.41, 5.74) is 4.62. The van der Waals surface area contributed by atoms with Gasteiger partial charge in [0.1, 0.15) is 11.4 Å². The molecular formula is C25H22N2O3. The number of hydrogen-bond acceptors (Lipinski definition) is 4. The van der Waals surface area contributed by atoms with Gasteiger partial charge in [0.05, 0.1) is 18.4 Å². The highest BCUT2D eigenvalue weighted by Gasteiger charge is 2.40. The van der Waals surface area contributed by atoms with E-state index in [2.05, 4.69) is 5.32 Å². The van der Waals surface area contributed by atoms with E-state index < -0.39 is 0 Å². The number of carbonyl (C=O) groups is 2. The molecule has 5 heteroatoms. The molecule has 0 unspecified atom stereocenters. The molecule has 0 aromatic heterocycles. The minimum absolute atomic E-state index is 0.264. The van der Waals surface area contributed by atoms with Crippen LogP contribution in [0.1, 0.15) is 16.7 Å². The van der Waals surface area contributed by atoms with E-state index in [4.69, 9.17) is 4.74 Å². The van der Waals surface area contributed by atoms with Gasteiger partial charge in [0, 0.05) is 5.69 Å². The highest BCUT2D eigenvalue weighted by Crippen LogP contribution is 2.34. The Labute approximate surface area is 175 Å². The van der Waals surface area contributed by atoms with E-state index in [1.54, 1.807) is 43.5 Å². The summed E-state index contributed by atoms with van der Waals surface area (Å²) in [4.78, 5) is 28.0. The number of methoxy groups -OCH3 is 1. The monoisotopic (exact) mass is 398 g/mol. The number of imide groups is 1. The van der Waals surface area contributed by atoms with Gasteiger partial charge >= 0.3 is 0 Å². The van der Waals surface area contributed by atoms with Gasteiger partial charge in [0.15, 0.2) is 0 Å². The van der Waals surface area contributed by atoms with Crippen LogP contribution in [0.3, 0.4) is 0 Å². The molecule has 1 aliphatic heterocycles. The summed E-state index contributed by atoms with van der Waals surface area (Å²) in [6.45, 7) is 3.92. The third kappa shape index (κ3) is 3.46. The van der Waals surface area contributed by atoms with Crippen molar-refractivity contribution < 1.29 is 14.3 Å². The molecule has 3 aromatic carbocycles. The zero-order valence-corrected chi connectivity index (χ0v) is 17.1. The minimum Gasteiger partial charge on any atom is -0.497 e. The van der Waals surface area contributed by atoms with Crippen molar-refractivity contribution in [2.24, 2.45) is 0 Å². The molecule has 0 saturated heterocycles. The average Bonchev–Trinajstić information content (AvgIpc) is 3.00. The number of carbonyl (C=O) groups excluding carboxylic acids is 2. The molecule has 5 nitrogen and oxygen atoms in total. The fraction of sp³-hybridized carbons (Fsp3) is 0.120. The largest absolute Gasteiger partial charge is 0.497 e. The molecule has 0 atom stereocenters. The predicted molar refractivity (Wildman–Crippen MR) is 118 cm³/mol. The Bertz CT molecular complexity index is 1150. The van der Waals surface area contributed by atoms with Gasteiger partial charge in [0.25, 0.3) is 11.8 Å². The van der Waals surface area contributed by atoms with E-state index in [1.165, 1.54) is 4.90 Å². The van der Waals surface area contributed by atoms with Crippen LogP contribution in [-0.2, 0) is 9.59 Å². The maximum Gasteiger partial charge on any atom is 0.282 e. The molecule has 3 aromatic rings. The van der Waals surface area contributed by atoms with Gasteiger partial charge in [-0.1, -0.05) is 48.0 Å². The summed E-state index contributed by atoms with van der Waals surface area (Å²) >= 11 is 0. The molecule has 150 valence electrons. The summed E-state index contributed by atoms with van der Waals surface area (Å²) < 4.78 is 5.23. The normalized spacial score (nSPS) is 13.8. The van der Waals surface area contributed by atoms with E-state index in [-0.39, 0.29) is 17.5 Å². The van der Waals surface area contributed by atoms with Crippen LogP contribution in [0.2, 0.25) is 0 Å². The van der Waals surface area contributed by atoms with E-state index in [0.29, 0.717) is 22.6 Å². The molecular weight excluding hydrogens is 376 g/mol. The number of para-hydroxylation sites is 1. The smallest absolute Gasteiger partial charge is 0.282 e. The number of ether oxygens (including phenoxy) is 1. The van der Waals surface area contributed by atoms with Crippen molar-refractivity contribution in [2.75, 3.05) is 17.3 Å². The first kappa shape index (κ1) is 19.5. The Balaban J connectivity index is 1.82. The third-order valence-electron chi connectivity index (χ3n) is 5.16. The lowest BCUT2D eigenvalue weighted by atomic mass is 10.0. The maximum atomic E-state index is 13.4. The molecule has 1 heterocycles. The predicted octanol–water partition coefficient (Wildman–Crippen LogP) is 4.71. The molecule has 0 saturated carbocycles. The topological polar surface area (TPSA) is 58.6 Å². The van der Waals surface area contributed by atoms with Gasteiger partial charge in [-0.05, 0) is 55.3 Å². The van der Waals surface area contributed by atoms with Crippen LogP contribution < -0.4 is 15.0 Å². The number of nitrogens with zero attached hydrogens (tertiary/aromatic N) is 1. The van der Waals surface area contributed by atoms with Crippen molar-refractivity contribution >= 4 is 28.8 Å². The van der Waals surface area contributed by atoms with Crippen LogP contribution in [-0.4, -0.2) is 18.9 Å². The first-order valence-corrected chi connectivity index (χ1v) is 9.66. The summed E-state index contributed by atoms with van der Waals surface area (Å²) in [7, 11) is 1.59. The zero-order valence-electron chi connectivity index (χ0n) is 17.1. The molecule has 1 aliphatic rings. The standard InChI is InChI=1S/C25H22N2O3/c1-16-8-12-19(13-9-16)27-24(28)22(18-10-14-20(30-3)15-11-18)23(25(27)29)26-21-7-5-4-6-17(21)2/h4-15,26H,1-3H3. The van der Waals surface area contributed by atoms with Crippen molar-refractivity contribution in [2.45, 2.75) is 13.8 Å². The maximum absolute atomic E-state index is 13.4. The lowest BCUT2D eigenvalue weighted by Crippen LogP contribution is -2.32. The fourth-order valence-corrected chi connectivity index (χ4v) is 3.45. The fourth-order valence-electron chi connectivity index (χ4n) is 3.45. The van der Waals surface area contributed by atoms with Crippen LogP contribution in [0.4, 0.5) is 11.4 Å². The average molecular weight is 398 g/mol. The van der Waals surface area contributed by atoms with Gasteiger partial charge in [-0.3, -0.25) is 9.59 Å². The summed E-state index contributed by atoms with van der Waals surface area (Å²) in [6.07, 6.45) is 0. The zero-order chi connectivity index (χ0) is 21.3. The second-order valence-electron chi connectivity index (χ2n) is 7.20. The SMILES string of the molecule is COc1ccc(C2=C(Nc3ccccc3C)C(=O)N(c3ccc(C)cc3)C2=O)cc1. The summed E-state index contributed by atoms with van der Waals surface area (Å²) in [5, 5.41) is 3.21. The Hall–Kier alpha value is -3.86. The quantitative estimate of drug-likeness (QED) is 0.633. The van der Waals surface area contributed by atoms with Crippen molar-refractivity contribution in [1.29, 1.82) is 0 Å². The highest BCUT2D eigenvalue weighted by molar-refractivity contribution is 6.46. The van der Waals surface area contributed by atoms with E-state index in [0.717, 1.165) is 16.8 Å². The van der Waals surface area contributed by atoms with Crippen LogP contribution in [0.25, 0.3) is 5.57 Å². The molecule has 30 heavy (non-hydrogen) atoms. The van der Waals surface area contributed by atoms with E-state index in [9.17, 15) is 9.59 Å². The molecule has 0 bridgehead atoms. The van der Waals surface area contributed by atoms with Gasteiger partial charge in [-0.25, -0.2) is 4.90 Å². The summed E-state index contributed by atoms with van der Waals surface area (Å²) in [6, 6.07) is 22.1. The minimum atomic E-state index is -0.377. The van der Waals surface area contributed by atoms with Gasteiger partial charge < -0.3 is 10.1 Å². The number of hydrogen-bond donors (Lipinski definition) is 1. The van der Waals surface area contributed by atoms with Gasteiger partial charge in [-0.2, -0.15) is 0 Å². The van der Waals surface area contributed by atoms with Crippen LogP contribution in [0.5, 0.6) is 5.75 Å². The third-order valence-corrected chi connectivity index (χ3v) is 5.16. The molecule has 2 amide bonds. The van der Waals surface area contributed by atoms with Crippen molar-refractivity contribution in [3.63, 3.8) is 0 Å². The molecule has 0 aliphatic carbocycles. The van der Waals surface area contributed by atoms with Gasteiger partial charge in [0.2, 0.25) is 0 Å². The van der Waals surface area contributed by atoms with Crippen LogP contribution in [0, 0.1) is 13.8 Å². The second kappa shape index (κ2) is 7.87. The Morgan fingerprint density at radius 3 is 2.10 bits per heavy atom. The molecule has 0 fully saturated rings. The molecule has 4 rings (SSSR count). The molecule has 1 N–H and O–H groups in total. The Morgan fingerprint density at radius 1 is 0.800 bits per heavy atom. The van der Waals surface area contributed by atoms with Gasteiger partial charge in [-0.15, -0.1) is 0 Å². The van der Waals surface area contributed by atoms with E-state index >= 15 is 0 Å². The first-order chi connectivity index (χ1) is 14.5. The van der Waals surface area contributed by atoms with Crippen molar-refractivity contribution in [1.82, 2.24) is 0 Å². The number of benzene rings is 3. The Kier molecular flexibility index (Phi) is 5.11. The number of aryl methyl sites for hydroxylation is 2. The number of nitrogens with one attached hydrogen (secondary N) is 1.